The van der Waals surface area contributed by atoms with Crippen LogP contribution in [0.25, 0.3) is 0 Å². The molecule has 0 radical (unpaired) electrons. The molecular formula is C13H10Br2FNO2S. The van der Waals surface area contributed by atoms with E-state index in [9.17, 15) is 12.8 Å². The zero-order valence-electron chi connectivity index (χ0n) is 10.1. The average Bonchev–Trinajstić information content (AvgIpc) is 2.43. The molecule has 3 nitrogen and oxygen atoms in total. The van der Waals surface area contributed by atoms with Crippen LogP contribution in [-0.4, -0.2) is 8.42 Å². The maximum absolute atomic E-state index is 13.2. The fraction of sp³-hybridized carbons (Fsp3) is 0.0769. The number of hydrogen-bond acceptors (Lipinski definition) is 2. The summed E-state index contributed by atoms with van der Waals surface area (Å²) in [6.45, 7) is 0. The lowest BCUT2D eigenvalue weighted by Crippen LogP contribution is -2.13. The van der Waals surface area contributed by atoms with Crippen LogP contribution < -0.4 is 4.72 Å². The molecule has 106 valence electrons. The molecule has 20 heavy (non-hydrogen) atoms. The lowest BCUT2D eigenvalue weighted by atomic mass is 10.2. The van der Waals surface area contributed by atoms with E-state index < -0.39 is 15.8 Å². The number of nitrogens with one attached hydrogen (secondary N) is 1. The third-order valence-corrected chi connectivity index (χ3v) is 5.28. The summed E-state index contributed by atoms with van der Waals surface area (Å²) in [6, 6.07) is 10.2. The number of halogens is 3. The lowest BCUT2D eigenvalue weighted by molar-refractivity contribution is 0.601. The van der Waals surface area contributed by atoms with Crippen molar-refractivity contribution in [1.82, 2.24) is 0 Å². The van der Waals surface area contributed by atoms with Crippen molar-refractivity contribution < 1.29 is 12.8 Å². The topological polar surface area (TPSA) is 46.2 Å². The predicted octanol–water partition coefficient (Wildman–Crippen LogP) is 4.28. The smallest absolute Gasteiger partial charge is 0.261 e. The molecule has 0 aliphatic rings. The van der Waals surface area contributed by atoms with E-state index in [-0.39, 0.29) is 10.6 Å². The molecule has 0 amide bonds. The van der Waals surface area contributed by atoms with Gasteiger partial charge in [-0.1, -0.05) is 28.1 Å². The van der Waals surface area contributed by atoms with Gasteiger partial charge in [-0.25, -0.2) is 12.8 Å². The Morgan fingerprint density at radius 3 is 2.35 bits per heavy atom. The number of rotatable bonds is 4. The van der Waals surface area contributed by atoms with Crippen molar-refractivity contribution in [3.63, 3.8) is 0 Å². The first-order chi connectivity index (χ1) is 9.42. The lowest BCUT2D eigenvalue weighted by Gasteiger charge is -2.10. The number of benzene rings is 2. The highest BCUT2D eigenvalue weighted by Crippen LogP contribution is 2.26. The Kier molecular flexibility index (Phi) is 4.82. The van der Waals surface area contributed by atoms with E-state index in [0.717, 1.165) is 11.6 Å². The third kappa shape index (κ3) is 3.59. The molecule has 0 heterocycles. The Balaban J connectivity index is 2.32. The molecule has 7 heteroatoms. The highest BCUT2D eigenvalue weighted by molar-refractivity contribution is 9.10. The van der Waals surface area contributed by atoms with E-state index in [4.69, 9.17) is 0 Å². The normalized spacial score (nSPS) is 11.3. The first kappa shape index (κ1) is 15.5. The van der Waals surface area contributed by atoms with Gasteiger partial charge in [0.05, 0.1) is 10.6 Å². The second-order valence-electron chi connectivity index (χ2n) is 4.01. The van der Waals surface area contributed by atoms with Crippen LogP contribution in [0.15, 0.2) is 51.8 Å². The van der Waals surface area contributed by atoms with E-state index in [1.54, 1.807) is 12.1 Å². The van der Waals surface area contributed by atoms with Crippen LogP contribution in [-0.2, 0) is 15.4 Å². The Labute approximate surface area is 133 Å². The Morgan fingerprint density at radius 1 is 1.10 bits per heavy atom. The minimum absolute atomic E-state index is 0.123. The van der Waals surface area contributed by atoms with Crippen molar-refractivity contribution in [3.8, 4) is 0 Å². The van der Waals surface area contributed by atoms with Gasteiger partial charge < -0.3 is 0 Å². The van der Waals surface area contributed by atoms with Crippen LogP contribution in [0.3, 0.4) is 0 Å². The number of alkyl halides is 1. The van der Waals surface area contributed by atoms with Crippen LogP contribution >= 0.6 is 31.9 Å². The van der Waals surface area contributed by atoms with E-state index in [2.05, 4.69) is 36.6 Å². The fourth-order valence-corrected chi connectivity index (χ4v) is 3.46. The fourth-order valence-electron chi connectivity index (χ4n) is 1.54. The second kappa shape index (κ2) is 6.24. The monoisotopic (exact) mass is 421 g/mol. The summed E-state index contributed by atoms with van der Waals surface area (Å²) in [7, 11) is -3.74. The molecule has 0 aromatic heterocycles. The molecule has 2 rings (SSSR count). The summed E-state index contributed by atoms with van der Waals surface area (Å²) in [5.74, 6) is -0.513. The minimum atomic E-state index is -3.74. The number of anilines is 1. The summed E-state index contributed by atoms with van der Waals surface area (Å²) in [6.07, 6.45) is 0. The molecule has 0 saturated heterocycles. The van der Waals surface area contributed by atoms with Gasteiger partial charge in [0.2, 0.25) is 0 Å². The van der Waals surface area contributed by atoms with Gasteiger partial charge in [0, 0.05) is 9.80 Å². The molecule has 0 unspecified atom stereocenters. The van der Waals surface area contributed by atoms with Crippen molar-refractivity contribution in [2.24, 2.45) is 0 Å². The molecule has 0 saturated carbocycles. The third-order valence-electron chi connectivity index (χ3n) is 2.56. The van der Waals surface area contributed by atoms with E-state index in [0.29, 0.717) is 9.80 Å². The molecule has 0 aliphatic carbocycles. The molecule has 0 atom stereocenters. The van der Waals surface area contributed by atoms with E-state index in [1.807, 2.05) is 0 Å². The van der Waals surface area contributed by atoms with Crippen LogP contribution in [0.5, 0.6) is 0 Å². The van der Waals surface area contributed by atoms with Gasteiger partial charge in [-0.3, -0.25) is 4.72 Å². The molecular weight excluding hydrogens is 413 g/mol. The highest BCUT2D eigenvalue weighted by atomic mass is 79.9. The standard InChI is InChI=1S/C13H10Br2FNO2S/c14-8-9-1-4-11(5-2-9)20(18,19)17-13-7-10(16)3-6-12(13)15/h1-7,17H,8H2. The van der Waals surface area contributed by atoms with Gasteiger partial charge in [0.25, 0.3) is 10.0 Å². The van der Waals surface area contributed by atoms with Gasteiger partial charge in [0.15, 0.2) is 0 Å². The molecule has 0 fully saturated rings. The quantitative estimate of drug-likeness (QED) is 0.747. The first-order valence-corrected chi connectivity index (χ1v) is 8.95. The van der Waals surface area contributed by atoms with Gasteiger partial charge in [-0.05, 0) is 51.8 Å². The Hall–Kier alpha value is -0.920. The van der Waals surface area contributed by atoms with Gasteiger partial charge >= 0.3 is 0 Å². The van der Waals surface area contributed by atoms with Crippen LogP contribution in [0.4, 0.5) is 10.1 Å². The number of hydrogen-bond donors (Lipinski definition) is 1. The second-order valence-corrected chi connectivity index (χ2v) is 7.10. The van der Waals surface area contributed by atoms with Gasteiger partial charge in [0.1, 0.15) is 5.82 Å². The maximum atomic E-state index is 13.2. The average molecular weight is 423 g/mol. The zero-order chi connectivity index (χ0) is 14.8. The van der Waals surface area contributed by atoms with E-state index in [1.165, 1.54) is 24.3 Å². The summed E-state index contributed by atoms with van der Waals surface area (Å²) in [4.78, 5) is 0.123. The molecule has 0 bridgehead atoms. The molecule has 2 aromatic carbocycles. The largest absolute Gasteiger partial charge is 0.278 e. The molecule has 0 aliphatic heterocycles. The van der Waals surface area contributed by atoms with Gasteiger partial charge in [-0.15, -0.1) is 0 Å². The first-order valence-electron chi connectivity index (χ1n) is 5.55. The van der Waals surface area contributed by atoms with E-state index >= 15 is 0 Å². The van der Waals surface area contributed by atoms with Crippen LogP contribution in [0.2, 0.25) is 0 Å². The highest BCUT2D eigenvalue weighted by Gasteiger charge is 2.15. The predicted molar refractivity (Wildman–Crippen MR) is 84.0 cm³/mol. The van der Waals surface area contributed by atoms with Crippen LogP contribution in [0.1, 0.15) is 5.56 Å². The van der Waals surface area contributed by atoms with Crippen LogP contribution in [0, 0.1) is 5.82 Å². The maximum Gasteiger partial charge on any atom is 0.261 e. The summed E-state index contributed by atoms with van der Waals surface area (Å²) in [5, 5.41) is 0.649. The molecule has 2 aromatic rings. The van der Waals surface area contributed by atoms with Gasteiger partial charge in [-0.2, -0.15) is 0 Å². The van der Waals surface area contributed by atoms with Crippen molar-refractivity contribution in [1.29, 1.82) is 0 Å². The zero-order valence-corrected chi connectivity index (χ0v) is 14.1. The Morgan fingerprint density at radius 2 is 1.75 bits per heavy atom. The van der Waals surface area contributed by atoms with Crippen molar-refractivity contribution in [3.05, 3.63) is 58.3 Å². The molecule has 0 spiro atoms. The summed E-state index contributed by atoms with van der Waals surface area (Å²) >= 11 is 6.47. The van der Waals surface area contributed by atoms with Crippen molar-refractivity contribution in [2.45, 2.75) is 10.2 Å². The van der Waals surface area contributed by atoms with Crippen molar-refractivity contribution >= 4 is 47.6 Å². The minimum Gasteiger partial charge on any atom is -0.278 e. The number of sulfonamides is 1. The Bertz CT molecular complexity index is 718. The summed E-state index contributed by atoms with van der Waals surface area (Å²) in [5.41, 5.74) is 1.13. The molecule has 1 N–H and O–H groups in total. The SMILES string of the molecule is O=S(=O)(Nc1cc(F)ccc1Br)c1ccc(CBr)cc1. The van der Waals surface area contributed by atoms with Crippen molar-refractivity contribution in [2.75, 3.05) is 4.72 Å². The summed E-state index contributed by atoms with van der Waals surface area (Å²) < 4.78 is 40.4.